The van der Waals surface area contributed by atoms with Gasteiger partial charge in [-0.1, -0.05) is 0 Å². The first-order valence-corrected chi connectivity index (χ1v) is 6.93. The first-order valence-electron chi connectivity index (χ1n) is 4.97. The number of aromatic nitrogens is 2. The number of rotatable bonds is 4. The molecule has 0 spiro atoms. The Morgan fingerprint density at radius 1 is 1.69 bits per heavy atom. The van der Waals surface area contributed by atoms with Crippen molar-refractivity contribution < 1.29 is 0 Å². The molecule has 0 aliphatic heterocycles. The van der Waals surface area contributed by atoms with Crippen molar-refractivity contribution in [2.24, 2.45) is 5.84 Å². The molecule has 3 N–H and O–H groups in total. The molecule has 2 aromatic heterocycles. The van der Waals surface area contributed by atoms with Gasteiger partial charge in [-0.3, -0.25) is 5.84 Å². The summed E-state index contributed by atoms with van der Waals surface area (Å²) in [5.74, 6) is 6.59. The predicted octanol–water partition coefficient (Wildman–Crippen LogP) is 2.12. The van der Waals surface area contributed by atoms with Crippen molar-refractivity contribution in [3.05, 3.63) is 38.1 Å². The third-order valence-electron chi connectivity index (χ3n) is 2.43. The van der Waals surface area contributed by atoms with E-state index in [2.05, 4.69) is 55.9 Å². The lowest BCUT2D eigenvalue weighted by molar-refractivity contribution is 0.562. The van der Waals surface area contributed by atoms with Crippen LogP contribution < -0.4 is 11.3 Å². The van der Waals surface area contributed by atoms with Crippen LogP contribution >= 0.6 is 33.9 Å². The monoisotopic (exact) mass is 348 g/mol. The summed E-state index contributed by atoms with van der Waals surface area (Å²) in [6.07, 6.45) is 3.78. The lowest BCUT2D eigenvalue weighted by Crippen LogP contribution is -2.30. The molecule has 0 amide bonds. The Morgan fingerprint density at radius 2 is 2.50 bits per heavy atom. The van der Waals surface area contributed by atoms with Gasteiger partial charge >= 0.3 is 0 Å². The Morgan fingerprint density at radius 3 is 3.06 bits per heavy atom. The summed E-state index contributed by atoms with van der Waals surface area (Å²) in [7, 11) is 0. The average molecular weight is 348 g/mol. The van der Waals surface area contributed by atoms with Crippen molar-refractivity contribution in [2.75, 3.05) is 0 Å². The smallest absolute Gasteiger partial charge is 0.131 e. The molecule has 1 atom stereocenters. The number of aryl methyl sites for hydroxylation is 1. The van der Waals surface area contributed by atoms with Gasteiger partial charge in [-0.05, 0) is 46.5 Å². The average Bonchev–Trinajstić information content (AvgIpc) is 2.89. The van der Waals surface area contributed by atoms with Gasteiger partial charge in [0.1, 0.15) is 11.9 Å². The third-order valence-corrected chi connectivity index (χ3v) is 4.24. The van der Waals surface area contributed by atoms with Crippen molar-refractivity contribution in [1.29, 1.82) is 0 Å². The van der Waals surface area contributed by atoms with Gasteiger partial charge in [-0.15, -0.1) is 11.3 Å². The van der Waals surface area contributed by atoms with Crippen LogP contribution in [0.3, 0.4) is 0 Å². The zero-order chi connectivity index (χ0) is 11.5. The molecule has 4 nitrogen and oxygen atoms in total. The third kappa shape index (κ3) is 2.29. The van der Waals surface area contributed by atoms with Crippen LogP contribution in [0.1, 0.15) is 24.4 Å². The van der Waals surface area contributed by atoms with Crippen LogP contribution in [0.2, 0.25) is 0 Å². The van der Waals surface area contributed by atoms with Crippen LogP contribution in [0.4, 0.5) is 0 Å². The summed E-state index contributed by atoms with van der Waals surface area (Å²) >= 11 is 4.02. The van der Waals surface area contributed by atoms with Crippen molar-refractivity contribution in [3.8, 4) is 0 Å². The molecule has 2 aromatic rings. The van der Waals surface area contributed by atoms with E-state index >= 15 is 0 Å². The summed E-state index contributed by atoms with van der Waals surface area (Å²) < 4.78 is 3.34. The fraction of sp³-hybridized carbons (Fsp3) is 0.300. The van der Waals surface area contributed by atoms with Crippen molar-refractivity contribution in [3.63, 3.8) is 0 Å². The van der Waals surface area contributed by atoms with Crippen molar-refractivity contribution in [1.82, 2.24) is 15.0 Å². The number of hydrogen-bond acceptors (Lipinski definition) is 4. The fourth-order valence-corrected chi connectivity index (χ4v) is 3.04. The largest absolute Gasteiger partial charge is 0.334 e. The predicted molar refractivity (Wildman–Crippen MR) is 74.1 cm³/mol. The molecule has 86 valence electrons. The first-order chi connectivity index (χ1) is 7.76. The summed E-state index contributed by atoms with van der Waals surface area (Å²) in [5.41, 5.74) is 3.99. The zero-order valence-electron chi connectivity index (χ0n) is 8.85. The van der Waals surface area contributed by atoms with Crippen LogP contribution in [-0.2, 0) is 6.54 Å². The normalized spacial score (nSPS) is 12.9. The maximum Gasteiger partial charge on any atom is 0.131 e. The van der Waals surface area contributed by atoms with Crippen molar-refractivity contribution in [2.45, 2.75) is 19.5 Å². The van der Waals surface area contributed by atoms with Gasteiger partial charge in [0.2, 0.25) is 0 Å². The number of thiophene rings is 1. The molecule has 2 rings (SSSR count). The molecule has 0 radical (unpaired) electrons. The van der Waals surface area contributed by atoms with Crippen LogP contribution in [0.15, 0.2) is 23.8 Å². The highest BCUT2D eigenvalue weighted by Gasteiger charge is 2.18. The molecule has 0 bridgehead atoms. The molecule has 0 saturated carbocycles. The minimum Gasteiger partial charge on any atom is -0.334 e. The molecule has 6 heteroatoms. The number of hydrazine groups is 1. The first kappa shape index (κ1) is 12.0. The van der Waals surface area contributed by atoms with E-state index in [1.807, 2.05) is 6.20 Å². The molecular formula is C10H13IN4S. The number of imidazole rings is 1. The molecule has 0 saturated heterocycles. The van der Waals surface area contributed by atoms with Gasteiger partial charge in [0, 0.05) is 18.9 Å². The molecule has 1 unspecified atom stereocenters. The van der Waals surface area contributed by atoms with Crippen LogP contribution in [-0.4, -0.2) is 9.55 Å². The van der Waals surface area contributed by atoms with E-state index in [1.165, 1.54) is 2.88 Å². The second kappa shape index (κ2) is 5.26. The number of hydrogen-bond donors (Lipinski definition) is 2. The van der Waals surface area contributed by atoms with Gasteiger partial charge in [0.15, 0.2) is 0 Å². The molecule has 0 fully saturated rings. The Labute approximate surface area is 112 Å². The zero-order valence-corrected chi connectivity index (χ0v) is 11.8. The van der Waals surface area contributed by atoms with Crippen LogP contribution in [0.25, 0.3) is 0 Å². The van der Waals surface area contributed by atoms with E-state index in [-0.39, 0.29) is 6.04 Å². The molecule has 0 aliphatic rings. The van der Waals surface area contributed by atoms with Gasteiger partial charge in [0.05, 0.1) is 2.88 Å². The summed E-state index contributed by atoms with van der Waals surface area (Å²) in [6, 6.07) is 2.10. The Bertz CT molecular complexity index is 465. The standard InChI is InChI=1S/C10H13IN4S/c1-2-15-4-3-13-10(15)9(14-12)7-5-8(11)16-6-7/h3-6,9,14H,2,12H2,1H3. The number of halogens is 1. The van der Waals surface area contributed by atoms with Crippen LogP contribution in [0.5, 0.6) is 0 Å². The minimum atomic E-state index is -0.0327. The molecule has 0 aromatic carbocycles. The van der Waals surface area contributed by atoms with E-state index in [4.69, 9.17) is 5.84 Å². The Hall–Kier alpha value is -0.440. The number of nitrogens with zero attached hydrogens (tertiary/aromatic N) is 2. The van der Waals surface area contributed by atoms with Gasteiger partial charge < -0.3 is 4.57 Å². The molecule has 16 heavy (non-hydrogen) atoms. The summed E-state index contributed by atoms with van der Waals surface area (Å²) in [4.78, 5) is 4.37. The molecule has 2 heterocycles. The highest BCUT2D eigenvalue weighted by atomic mass is 127. The van der Waals surface area contributed by atoms with Gasteiger partial charge in [-0.2, -0.15) is 0 Å². The maximum absolute atomic E-state index is 5.63. The number of nitrogens with one attached hydrogen (secondary N) is 1. The summed E-state index contributed by atoms with van der Waals surface area (Å²) in [5, 5.41) is 2.11. The highest BCUT2D eigenvalue weighted by Crippen LogP contribution is 2.25. The van der Waals surface area contributed by atoms with E-state index in [0.29, 0.717) is 0 Å². The fourth-order valence-electron chi connectivity index (χ4n) is 1.64. The van der Waals surface area contributed by atoms with E-state index in [1.54, 1.807) is 17.5 Å². The van der Waals surface area contributed by atoms with Crippen molar-refractivity contribution >= 4 is 33.9 Å². The SMILES string of the molecule is CCn1ccnc1C(NN)c1csc(I)c1. The quantitative estimate of drug-likeness (QED) is 0.506. The second-order valence-electron chi connectivity index (χ2n) is 3.36. The lowest BCUT2D eigenvalue weighted by atomic mass is 10.1. The van der Waals surface area contributed by atoms with E-state index in [0.717, 1.165) is 17.9 Å². The van der Waals surface area contributed by atoms with Crippen LogP contribution in [0, 0.1) is 2.88 Å². The maximum atomic E-state index is 5.63. The minimum absolute atomic E-state index is 0.0327. The van der Waals surface area contributed by atoms with E-state index in [9.17, 15) is 0 Å². The molecular weight excluding hydrogens is 335 g/mol. The highest BCUT2D eigenvalue weighted by molar-refractivity contribution is 14.1. The molecule has 0 aliphatic carbocycles. The topological polar surface area (TPSA) is 55.9 Å². The number of nitrogens with two attached hydrogens (primary N) is 1. The van der Waals surface area contributed by atoms with E-state index < -0.39 is 0 Å². The Balaban J connectivity index is 2.36. The van der Waals surface area contributed by atoms with Gasteiger partial charge in [0.25, 0.3) is 0 Å². The second-order valence-corrected chi connectivity index (χ2v) is 6.16. The Kier molecular flexibility index (Phi) is 3.95. The van der Waals surface area contributed by atoms with Gasteiger partial charge in [-0.25, -0.2) is 10.4 Å². The lowest BCUT2D eigenvalue weighted by Gasteiger charge is -2.15. The summed E-state index contributed by atoms with van der Waals surface area (Å²) in [6.45, 7) is 2.99.